The minimum absolute atomic E-state index is 0.0516. The smallest absolute Gasteiger partial charge is 0.203 e. The Labute approximate surface area is 430 Å². The molecule has 0 amide bonds. The largest absolute Gasteiger partial charge is 0.508 e. The molecule has 1 aliphatic rings. The molecule has 9 N–H and O–H groups in total. The third kappa shape index (κ3) is 10.0. The summed E-state index contributed by atoms with van der Waals surface area (Å²) >= 11 is 0. The molecule has 0 unspecified atom stereocenters. The maximum absolute atomic E-state index is 15.1. The summed E-state index contributed by atoms with van der Waals surface area (Å²) in [4.78, 5) is 45.2. The van der Waals surface area contributed by atoms with E-state index in [0.717, 1.165) is 0 Å². The van der Waals surface area contributed by atoms with E-state index in [2.05, 4.69) is 16.0 Å². The Balaban J connectivity index is 1.14. The summed E-state index contributed by atoms with van der Waals surface area (Å²) < 4.78 is 0. The van der Waals surface area contributed by atoms with E-state index < -0.39 is 17.3 Å². The van der Waals surface area contributed by atoms with Crippen molar-refractivity contribution in [2.75, 3.05) is 16.0 Å². The van der Waals surface area contributed by atoms with E-state index in [9.17, 15) is 30.6 Å². The number of carbonyl (C=O) groups is 3. The van der Waals surface area contributed by atoms with Gasteiger partial charge < -0.3 is 46.6 Å². The van der Waals surface area contributed by atoms with Gasteiger partial charge in [0.2, 0.25) is 17.3 Å². The van der Waals surface area contributed by atoms with Crippen molar-refractivity contribution in [1.82, 2.24) is 0 Å². The van der Waals surface area contributed by atoms with Crippen LogP contribution in [-0.4, -0.2) is 48.0 Å². The molecule has 1 fully saturated rings. The average molecular weight is 988 g/mol. The zero-order valence-electron chi connectivity index (χ0n) is 39.7. The van der Waals surface area contributed by atoms with Crippen molar-refractivity contribution in [3.05, 3.63) is 236 Å². The first-order valence-corrected chi connectivity index (χ1v) is 23.6. The Morgan fingerprint density at radius 2 is 0.400 bits per heavy atom. The first-order chi connectivity index (χ1) is 36.4. The topological polar surface area (TPSA) is 209 Å². The minimum atomic E-state index is -0.891. The number of allylic oxidation sites excluding steroid dienone is 3. The van der Waals surface area contributed by atoms with Gasteiger partial charge in [0.1, 0.15) is 34.5 Å². The predicted molar refractivity (Wildman–Crippen MR) is 292 cm³/mol. The van der Waals surface area contributed by atoms with Gasteiger partial charge >= 0.3 is 0 Å². The van der Waals surface area contributed by atoms with Crippen LogP contribution < -0.4 is 16.0 Å². The summed E-state index contributed by atoms with van der Waals surface area (Å²) in [6, 6.07) is 55.7. The van der Waals surface area contributed by atoms with Crippen LogP contribution in [0.25, 0.3) is 66.8 Å². The molecule has 0 aliphatic heterocycles. The SMILES string of the molecule is O=C1C(=CNc2c(-c3ccc(O)cc3)cccc2-c2ccc(O)cc2)C(=O)C(=CNc2c(-c3ccc(O)cc3)cccc2-c2ccc(O)cc2)C(=O)C1=CNc1c(-c2ccc(O)cc2)cccc1-c1ccc(O)cc1. The predicted octanol–water partition coefficient (Wildman–Crippen LogP) is 12.9. The molecule has 12 heteroatoms. The lowest BCUT2D eigenvalue weighted by Crippen LogP contribution is -2.33. The van der Waals surface area contributed by atoms with Crippen molar-refractivity contribution in [3.8, 4) is 101 Å². The van der Waals surface area contributed by atoms with Crippen molar-refractivity contribution < 1.29 is 45.0 Å². The molecule has 12 nitrogen and oxygen atoms in total. The van der Waals surface area contributed by atoms with Gasteiger partial charge in [-0.3, -0.25) is 14.4 Å². The van der Waals surface area contributed by atoms with Crippen LogP contribution in [0.3, 0.4) is 0 Å². The summed E-state index contributed by atoms with van der Waals surface area (Å²) in [5.41, 5.74) is 8.21. The highest BCUT2D eigenvalue weighted by molar-refractivity contribution is 6.52. The van der Waals surface area contributed by atoms with Crippen LogP contribution in [0.15, 0.2) is 236 Å². The highest BCUT2D eigenvalue weighted by Crippen LogP contribution is 2.42. The number of phenols is 6. The molecule has 0 radical (unpaired) electrons. The van der Waals surface area contributed by atoms with Gasteiger partial charge in [-0.05, 0) is 106 Å². The van der Waals surface area contributed by atoms with E-state index in [0.29, 0.717) is 83.8 Å². The van der Waals surface area contributed by atoms with Gasteiger partial charge in [-0.2, -0.15) is 0 Å². The van der Waals surface area contributed by atoms with Crippen LogP contribution in [-0.2, 0) is 14.4 Å². The molecule has 0 atom stereocenters. The molecule has 0 bridgehead atoms. The molecule has 0 saturated heterocycles. The van der Waals surface area contributed by atoms with Crippen molar-refractivity contribution in [1.29, 1.82) is 0 Å². The number of carbonyl (C=O) groups excluding carboxylic acids is 3. The summed E-state index contributed by atoms with van der Waals surface area (Å²) in [5, 5.41) is 70.9. The van der Waals surface area contributed by atoms with Gasteiger partial charge in [0.15, 0.2) is 0 Å². The van der Waals surface area contributed by atoms with Gasteiger partial charge in [-0.1, -0.05) is 127 Å². The molecule has 1 aliphatic carbocycles. The number of anilines is 3. The van der Waals surface area contributed by atoms with Gasteiger partial charge in [0.05, 0.1) is 33.8 Å². The number of hydrogen-bond donors (Lipinski definition) is 9. The monoisotopic (exact) mass is 987 g/mol. The first kappa shape index (κ1) is 48.1. The Morgan fingerprint density at radius 3 is 0.560 bits per heavy atom. The minimum Gasteiger partial charge on any atom is -0.508 e. The fraction of sp³-hybridized carbons (Fsp3) is 0. The number of rotatable bonds is 12. The number of ketones is 3. The first-order valence-electron chi connectivity index (χ1n) is 23.6. The maximum atomic E-state index is 15.1. The molecule has 9 aromatic rings. The molecule has 0 heterocycles. The quantitative estimate of drug-likeness (QED) is 0.0414. The number of phenolic OH excluding ortho intramolecular Hbond substituents is 6. The Bertz CT molecular complexity index is 3140. The molecule has 366 valence electrons. The van der Waals surface area contributed by atoms with Crippen LogP contribution in [0.1, 0.15) is 0 Å². The summed E-state index contributed by atoms with van der Waals surface area (Å²) in [7, 11) is 0. The molecule has 0 aromatic heterocycles. The van der Waals surface area contributed by atoms with E-state index in [1.807, 2.05) is 54.6 Å². The Morgan fingerprint density at radius 1 is 0.240 bits per heavy atom. The zero-order valence-corrected chi connectivity index (χ0v) is 39.7. The number of para-hydroxylation sites is 3. The fourth-order valence-electron chi connectivity index (χ4n) is 8.98. The lowest BCUT2D eigenvalue weighted by molar-refractivity contribution is -0.124. The lowest BCUT2D eigenvalue weighted by Gasteiger charge is -2.21. The van der Waals surface area contributed by atoms with Gasteiger partial charge in [-0.15, -0.1) is 0 Å². The highest BCUT2D eigenvalue weighted by Gasteiger charge is 2.39. The Hall–Kier alpha value is -10.6. The second kappa shape index (κ2) is 20.6. The molecule has 10 rings (SSSR count). The summed E-state index contributed by atoms with van der Waals surface area (Å²) in [6.45, 7) is 0. The van der Waals surface area contributed by atoms with Crippen LogP contribution in [0, 0.1) is 0 Å². The van der Waals surface area contributed by atoms with E-state index in [1.54, 1.807) is 146 Å². The average Bonchev–Trinajstić information content (AvgIpc) is 3.42. The lowest BCUT2D eigenvalue weighted by atomic mass is 9.83. The standard InChI is InChI=1S/C63H45N3O9/c67-43-22-10-37(11-23-43)49-4-1-5-50(38-12-24-44(68)25-13-38)58(49)64-34-55-61(73)56(35-65-59-51(39-14-26-45(69)27-15-39)6-2-7-52(59)40-16-28-46(70)29-17-40)63(75)57(62(55)74)36-66-60-53(41-18-30-47(71)31-19-41)8-3-9-54(60)42-20-32-48(72)33-21-42/h1-36,64-72H. The molecular formula is C63H45N3O9. The van der Waals surface area contributed by atoms with Crippen LogP contribution in [0.5, 0.6) is 34.5 Å². The number of benzene rings is 9. The number of nitrogens with one attached hydrogen (secondary N) is 3. The zero-order chi connectivity index (χ0) is 52.2. The van der Waals surface area contributed by atoms with Crippen LogP contribution >= 0.6 is 0 Å². The fourth-order valence-corrected chi connectivity index (χ4v) is 8.98. The third-order valence-corrected chi connectivity index (χ3v) is 12.8. The third-order valence-electron chi connectivity index (χ3n) is 12.8. The van der Waals surface area contributed by atoms with Gasteiger partial charge in [0, 0.05) is 52.0 Å². The molecular weight excluding hydrogens is 943 g/mol. The number of hydrogen-bond acceptors (Lipinski definition) is 12. The normalized spacial score (nSPS) is 12.3. The van der Waals surface area contributed by atoms with Gasteiger partial charge in [-0.25, -0.2) is 0 Å². The summed E-state index contributed by atoms with van der Waals surface area (Å²) in [5.74, 6) is -2.36. The molecule has 0 spiro atoms. The molecule has 75 heavy (non-hydrogen) atoms. The van der Waals surface area contributed by atoms with Crippen molar-refractivity contribution in [3.63, 3.8) is 0 Å². The van der Waals surface area contributed by atoms with Crippen molar-refractivity contribution >= 4 is 34.4 Å². The van der Waals surface area contributed by atoms with Crippen molar-refractivity contribution in [2.24, 2.45) is 0 Å². The number of Topliss-reactive ketones (excluding diaryl/α,β-unsaturated/α-hetero) is 3. The second-order valence-corrected chi connectivity index (χ2v) is 17.6. The van der Waals surface area contributed by atoms with E-state index in [4.69, 9.17) is 0 Å². The Kier molecular flexibility index (Phi) is 13.2. The van der Waals surface area contributed by atoms with Crippen LogP contribution in [0.4, 0.5) is 17.1 Å². The molecule has 1 saturated carbocycles. The second-order valence-electron chi connectivity index (χ2n) is 17.6. The molecule has 9 aromatic carbocycles. The van der Waals surface area contributed by atoms with Crippen LogP contribution in [0.2, 0.25) is 0 Å². The van der Waals surface area contributed by atoms with Gasteiger partial charge in [0.25, 0.3) is 0 Å². The highest BCUT2D eigenvalue weighted by atomic mass is 16.3. The maximum Gasteiger partial charge on any atom is 0.203 e. The van der Waals surface area contributed by atoms with Crippen molar-refractivity contribution in [2.45, 2.75) is 0 Å². The van der Waals surface area contributed by atoms with E-state index in [1.165, 1.54) is 18.6 Å². The van der Waals surface area contributed by atoms with E-state index >= 15 is 14.4 Å². The number of aromatic hydroxyl groups is 6. The van der Waals surface area contributed by atoms with E-state index in [-0.39, 0.29) is 51.2 Å². The summed E-state index contributed by atoms with van der Waals surface area (Å²) in [6.07, 6.45) is 3.83.